The smallest absolute Gasteiger partial charge is 0.337 e. The molecule has 0 aromatic heterocycles. The summed E-state index contributed by atoms with van der Waals surface area (Å²) in [7, 11) is 3.57. The zero-order chi connectivity index (χ0) is 19.1. The molecule has 1 atom stereocenters. The van der Waals surface area contributed by atoms with E-state index in [0.717, 1.165) is 11.3 Å². The highest BCUT2D eigenvalue weighted by Crippen LogP contribution is 2.19. The molecule has 2 N–H and O–H groups in total. The topological polar surface area (TPSA) is 79.9 Å². The molecule has 0 saturated carbocycles. The first-order valence-electron chi connectivity index (χ1n) is 8.77. The third kappa shape index (κ3) is 4.98. The van der Waals surface area contributed by atoms with Gasteiger partial charge >= 0.3 is 12.0 Å². The molecule has 0 saturated heterocycles. The maximum absolute atomic E-state index is 12.4. The molecule has 0 spiro atoms. The first-order chi connectivity index (χ1) is 12.5. The van der Waals surface area contributed by atoms with Gasteiger partial charge in [0.25, 0.3) is 0 Å². The fourth-order valence-corrected chi connectivity index (χ4v) is 2.95. The lowest BCUT2D eigenvalue weighted by molar-refractivity contribution is -0.139. The average molecular weight is 361 g/mol. The second-order valence-electron chi connectivity index (χ2n) is 6.19. The maximum Gasteiger partial charge on any atom is 0.337 e. The summed E-state index contributed by atoms with van der Waals surface area (Å²) < 4.78 is 10.4. The summed E-state index contributed by atoms with van der Waals surface area (Å²) in [5, 5.41) is 5.55. The zero-order valence-electron chi connectivity index (χ0n) is 15.8. The number of urea groups is 1. The number of hydrogen-bond acceptors (Lipinski definition) is 5. The number of nitrogens with zero attached hydrogens (tertiary/aromatic N) is 1. The summed E-state index contributed by atoms with van der Waals surface area (Å²) in [5.74, 6) is 0.416. The van der Waals surface area contributed by atoms with E-state index in [-0.39, 0.29) is 18.0 Å². The van der Waals surface area contributed by atoms with Crippen LogP contribution in [0.5, 0.6) is 5.75 Å². The van der Waals surface area contributed by atoms with Crippen LogP contribution in [0.2, 0.25) is 0 Å². The van der Waals surface area contributed by atoms with E-state index in [1.807, 2.05) is 43.1 Å². The molecular weight excluding hydrogens is 334 g/mol. The minimum absolute atomic E-state index is 0.293. The van der Waals surface area contributed by atoms with Crippen LogP contribution >= 0.6 is 0 Å². The van der Waals surface area contributed by atoms with Crippen LogP contribution in [0.3, 0.4) is 0 Å². The van der Waals surface area contributed by atoms with E-state index in [9.17, 15) is 9.59 Å². The Morgan fingerprint density at radius 2 is 1.88 bits per heavy atom. The van der Waals surface area contributed by atoms with E-state index in [0.29, 0.717) is 37.4 Å². The first kappa shape index (κ1) is 19.8. The summed E-state index contributed by atoms with van der Waals surface area (Å²) in [6.45, 7) is 5.09. The zero-order valence-corrected chi connectivity index (χ0v) is 15.8. The Morgan fingerprint density at radius 1 is 1.19 bits per heavy atom. The number of carbonyl (C=O) groups is 2. The van der Waals surface area contributed by atoms with Crippen LogP contribution in [0.4, 0.5) is 4.79 Å². The van der Waals surface area contributed by atoms with Crippen molar-refractivity contribution in [3.8, 4) is 5.75 Å². The third-order valence-electron chi connectivity index (χ3n) is 4.19. The number of likely N-dealkylation sites (N-methyl/N-ethyl adjacent to an activating group) is 1. The van der Waals surface area contributed by atoms with Gasteiger partial charge < -0.3 is 20.1 Å². The summed E-state index contributed by atoms with van der Waals surface area (Å²) in [4.78, 5) is 26.4. The van der Waals surface area contributed by atoms with E-state index in [1.165, 1.54) is 0 Å². The Labute approximate surface area is 154 Å². The standard InChI is InChI=1S/C19H27N3O4/c1-5-15-17(18(23)26-6-2)16(21-19(24)20-15)12-22(3)11-13-7-9-14(25-4)10-8-13/h7-10,15H,5-6,11-12H2,1-4H3,(H2,20,21,24). The van der Waals surface area contributed by atoms with Gasteiger partial charge in [0.1, 0.15) is 5.75 Å². The molecule has 2 rings (SSSR count). The van der Waals surface area contributed by atoms with Gasteiger partial charge in [0.05, 0.1) is 25.3 Å². The van der Waals surface area contributed by atoms with E-state index >= 15 is 0 Å². The minimum atomic E-state index is -0.389. The van der Waals surface area contributed by atoms with Gasteiger partial charge in [0, 0.05) is 18.8 Å². The number of amides is 2. The van der Waals surface area contributed by atoms with Crippen LogP contribution in [0.25, 0.3) is 0 Å². The Hall–Kier alpha value is -2.54. The van der Waals surface area contributed by atoms with Gasteiger partial charge in [-0.3, -0.25) is 4.90 Å². The van der Waals surface area contributed by atoms with Gasteiger partial charge in [0.15, 0.2) is 0 Å². The second kappa shape index (κ2) is 9.24. The molecule has 1 aliphatic heterocycles. The Morgan fingerprint density at radius 3 is 2.46 bits per heavy atom. The monoisotopic (exact) mass is 361 g/mol. The SMILES string of the molecule is CCOC(=O)C1=C(CN(C)Cc2ccc(OC)cc2)NC(=O)NC1CC. The van der Waals surface area contributed by atoms with Crippen LogP contribution in [-0.2, 0) is 16.1 Å². The van der Waals surface area contributed by atoms with E-state index < -0.39 is 0 Å². The van der Waals surface area contributed by atoms with Crippen LogP contribution < -0.4 is 15.4 Å². The normalized spacial score (nSPS) is 17.0. The van der Waals surface area contributed by atoms with Crippen molar-refractivity contribution < 1.29 is 19.1 Å². The van der Waals surface area contributed by atoms with E-state index in [2.05, 4.69) is 10.6 Å². The predicted octanol–water partition coefficient (Wildman–Crippen LogP) is 2.04. The molecule has 142 valence electrons. The highest BCUT2D eigenvalue weighted by Gasteiger charge is 2.31. The molecule has 1 aromatic rings. The Kier molecular flexibility index (Phi) is 7.03. The number of methoxy groups -OCH3 is 1. The molecule has 1 aliphatic rings. The summed E-state index contributed by atoms with van der Waals surface area (Å²) >= 11 is 0. The minimum Gasteiger partial charge on any atom is -0.497 e. The average Bonchev–Trinajstić information content (AvgIpc) is 2.61. The number of benzene rings is 1. The predicted molar refractivity (Wildman–Crippen MR) is 98.7 cm³/mol. The van der Waals surface area contributed by atoms with Gasteiger partial charge in [-0.15, -0.1) is 0 Å². The number of hydrogen-bond donors (Lipinski definition) is 2. The fourth-order valence-electron chi connectivity index (χ4n) is 2.95. The van der Waals surface area contributed by atoms with E-state index in [1.54, 1.807) is 14.0 Å². The number of carbonyl (C=O) groups excluding carboxylic acids is 2. The quantitative estimate of drug-likeness (QED) is 0.693. The largest absolute Gasteiger partial charge is 0.497 e. The van der Waals surface area contributed by atoms with Crippen LogP contribution in [0.15, 0.2) is 35.5 Å². The van der Waals surface area contributed by atoms with Crippen LogP contribution in [-0.4, -0.2) is 50.3 Å². The van der Waals surface area contributed by atoms with Crippen LogP contribution in [0, 0.1) is 0 Å². The summed E-state index contributed by atoms with van der Waals surface area (Å²) in [5.41, 5.74) is 2.20. The van der Waals surface area contributed by atoms with Gasteiger partial charge in [0.2, 0.25) is 0 Å². The van der Waals surface area contributed by atoms with Crippen molar-refractivity contribution in [2.24, 2.45) is 0 Å². The lowest BCUT2D eigenvalue weighted by Crippen LogP contribution is -2.51. The number of ether oxygens (including phenoxy) is 2. The molecule has 1 unspecified atom stereocenters. The van der Waals surface area contributed by atoms with Gasteiger partial charge in [-0.05, 0) is 38.1 Å². The lowest BCUT2D eigenvalue weighted by Gasteiger charge is -2.30. The molecule has 26 heavy (non-hydrogen) atoms. The first-order valence-corrected chi connectivity index (χ1v) is 8.77. The molecular formula is C19H27N3O4. The molecule has 1 aromatic carbocycles. The van der Waals surface area contributed by atoms with Gasteiger partial charge in [-0.25, -0.2) is 9.59 Å². The Balaban J connectivity index is 2.17. The Bertz CT molecular complexity index is 670. The van der Waals surface area contributed by atoms with Crippen LogP contribution in [0.1, 0.15) is 25.8 Å². The van der Waals surface area contributed by atoms with Crippen molar-refractivity contribution in [1.29, 1.82) is 0 Å². The number of rotatable bonds is 8. The van der Waals surface area contributed by atoms with Crippen molar-refractivity contribution in [2.75, 3.05) is 27.3 Å². The number of nitrogens with one attached hydrogen (secondary N) is 2. The number of esters is 1. The van der Waals surface area contributed by atoms with Crippen molar-refractivity contribution in [2.45, 2.75) is 32.9 Å². The molecule has 0 bridgehead atoms. The van der Waals surface area contributed by atoms with Gasteiger partial charge in [-0.2, -0.15) is 0 Å². The molecule has 0 aliphatic carbocycles. The third-order valence-corrected chi connectivity index (χ3v) is 4.19. The molecule has 7 nitrogen and oxygen atoms in total. The lowest BCUT2D eigenvalue weighted by atomic mass is 10.00. The molecule has 2 amide bonds. The molecule has 7 heteroatoms. The maximum atomic E-state index is 12.4. The van der Waals surface area contributed by atoms with E-state index in [4.69, 9.17) is 9.47 Å². The molecule has 1 heterocycles. The van der Waals surface area contributed by atoms with Gasteiger partial charge in [-0.1, -0.05) is 19.1 Å². The molecule has 0 radical (unpaired) electrons. The van der Waals surface area contributed by atoms with Crippen molar-refractivity contribution in [3.05, 3.63) is 41.1 Å². The second-order valence-corrected chi connectivity index (χ2v) is 6.19. The van der Waals surface area contributed by atoms with Crippen molar-refractivity contribution >= 4 is 12.0 Å². The molecule has 0 fully saturated rings. The highest BCUT2D eigenvalue weighted by molar-refractivity contribution is 5.94. The van der Waals surface area contributed by atoms with Crippen molar-refractivity contribution in [3.63, 3.8) is 0 Å². The summed E-state index contributed by atoms with van der Waals surface area (Å²) in [6.07, 6.45) is 0.618. The highest BCUT2D eigenvalue weighted by atomic mass is 16.5. The summed E-state index contributed by atoms with van der Waals surface area (Å²) in [6, 6.07) is 7.17. The fraction of sp³-hybridized carbons (Fsp3) is 0.474. The van der Waals surface area contributed by atoms with Crippen molar-refractivity contribution in [1.82, 2.24) is 15.5 Å².